The molecule has 0 aliphatic carbocycles. The highest BCUT2D eigenvalue weighted by atomic mass is 35.5. The fourth-order valence-corrected chi connectivity index (χ4v) is 1.62. The van der Waals surface area contributed by atoms with Crippen LogP contribution in [-0.4, -0.2) is 10.9 Å². The van der Waals surface area contributed by atoms with Crippen molar-refractivity contribution in [2.45, 2.75) is 6.92 Å². The zero-order chi connectivity index (χ0) is 12.3. The maximum Gasteiger partial charge on any atom is 0.256 e. The molecular weight excluding hydrogens is 236 g/mol. The fraction of sp³-hybridized carbons (Fsp3) is 0.0769. The molecule has 4 heteroatoms. The van der Waals surface area contributed by atoms with Gasteiger partial charge in [0.25, 0.3) is 5.91 Å². The van der Waals surface area contributed by atoms with Gasteiger partial charge in [0, 0.05) is 16.8 Å². The van der Waals surface area contributed by atoms with Crippen molar-refractivity contribution in [1.82, 2.24) is 4.98 Å². The van der Waals surface area contributed by atoms with Crippen LogP contribution >= 0.6 is 11.6 Å². The molecule has 0 unspecified atom stereocenters. The Morgan fingerprint density at radius 3 is 2.82 bits per heavy atom. The summed E-state index contributed by atoms with van der Waals surface area (Å²) in [7, 11) is 0. The molecule has 2 aromatic rings. The molecule has 0 radical (unpaired) electrons. The van der Waals surface area contributed by atoms with E-state index in [-0.39, 0.29) is 5.91 Å². The van der Waals surface area contributed by atoms with Gasteiger partial charge in [-0.15, -0.1) is 0 Å². The minimum Gasteiger partial charge on any atom is -0.306 e. The number of aryl methyl sites for hydroxylation is 1. The SMILES string of the molecule is Cc1cccnc1NC(=O)c1cccc(Cl)c1. The number of nitrogens with zero attached hydrogens (tertiary/aromatic N) is 1. The van der Waals surface area contributed by atoms with Gasteiger partial charge in [0.15, 0.2) is 0 Å². The second-order valence-electron chi connectivity index (χ2n) is 3.63. The Hall–Kier alpha value is -1.87. The van der Waals surface area contributed by atoms with E-state index in [9.17, 15) is 4.79 Å². The van der Waals surface area contributed by atoms with Crippen molar-refractivity contribution >= 4 is 23.3 Å². The molecule has 1 heterocycles. The number of carbonyl (C=O) groups is 1. The minimum atomic E-state index is -0.214. The zero-order valence-electron chi connectivity index (χ0n) is 9.27. The van der Waals surface area contributed by atoms with Crippen LogP contribution in [-0.2, 0) is 0 Å². The summed E-state index contributed by atoms with van der Waals surface area (Å²) in [4.78, 5) is 16.0. The van der Waals surface area contributed by atoms with Crippen molar-refractivity contribution in [2.24, 2.45) is 0 Å². The highest BCUT2D eigenvalue weighted by molar-refractivity contribution is 6.31. The third-order valence-corrected chi connectivity index (χ3v) is 2.56. The summed E-state index contributed by atoms with van der Waals surface area (Å²) in [5.74, 6) is 0.353. The molecule has 0 saturated carbocycles. The summed E-state index contributed by atoms with van der Waals surface area (Å²) in [6.45, 7) is 1.89. The van der Waals surface area contributed by atoms with Crippen molar-refractivity contribution in [1.29, 1.82) is 0 Å². The van der Waals surface area contributed by atoms with Gasteiger partial charge in [-0.25, -0.2) is 4.98 Å². The van der Waals surface area contributed by atoms with E-state index in [0.29, 0.717) is 16.4 Å². The quantitative estimate of drug-likeness (QED) is 0.884. The van der Waals surface area contributed by atoms with Crippen molar-refractivity contribution in [3.63, 3.8) is 0 Å². The first-order chi connectivity index (χ1) is 8.16. The summed E-state index contributed by atoms with van der Waals surface area (Å²) >= 11 is 5.83. The highest BCUT2D eigenvalue weighted by Crippen LogP contribution is 2.14. The van der Waals surface area contributed by atoms with Crippen LogP contribution in [0.4, 0.5) is 5.82 Å². The zero-order valence-corrected chi connectivity index (χ0v) is 10.0. The van der Waals surface area contributed by atoms with E-state index in [0.717, 1.165) is 5.56 Å². The number of rotatable bonds is 2. The number of pyridine rings is 1. The summed E-state index contributed by atoms with van der Waals surface area (Å²) < 4.78 is 0. The lowest BCUT2D eigenvalue weighted by atomic mass is 10.2. The molecule has 0 saturated heterocycles. The second kappa shape index (κ2) is 4.97. The van der Waals surface area contributed by atoms with Gasteiger partial charge >= 0.3 is 0 Å². The van der Waals surface area contributed by atoms with Gasteiger partial charge in [-0.3, -0.25) is 4.79 Å². The van der Waals surface area contributed by atoms with Crippen molar-refractivity contribution in [3.05, 3.63) is 58.7 Å². The van der Waals surface area contributed by atoms with E-state index in [1.54, 1.807) is 30.5 Å². The first-order valence-corrected chi connectivity index (χ1v) is 5.53. The molecule has 3 nitrogen and oxygen atoms in total. The largest absolute Gasteiger partial charge is 0.306 e. The van der Waals surface area contributed by atoms with Gasteiger partial charge in [-0.2, -0.15) is 0 Å². The molecular formula is C13H11ClN2O. The van der Waals surface area contributed by atoms with E-state index in [1.165, 1.54) is 0 Å². The Kier molecular flexibility index (Phi) is 3.40. The van der Waals surface area contributed by atoms with Crippen LogP contribution < -0.4 is 5.32 Å². The first kappa shape index (κ1) is 11.6. The molecule has 0 bridgehead atoms. The number of benzene rings is 1. The van der Waals surface area contributed by atoms with Gasteiger partial charge in [-0.05, 0) is 36.8 Å². The summed E-state index contributed by atoms with van der Waals surface area (Å²) in [5, 5.41) is 3.28. The number of hydrogen-bond donors (Lipinski definition) is 1. The van der Waals surface area contributed by atoms with E-state index < -0.39 is 0 Å². The molecule has 1 aromatic heterocycles. The molecule has 0 aliphatic rings. The van der Waals surface area contributed by atoms with E-state index in [4.69, 9.17) is 11.6 Å². The van der Waals surface area contributed by atoms with Crippen molar-refractivity contribution in [3.8, 4) is 0 Å². The number of nitrogens with one attached hydrogen (secondary N) is 1. The predicted molar refractivity (Wildman–Crippen MR) is 68.4 cm³/mol. The lowest BCUT2D eigenvalue weighted by Gasteiger charge is -2.06. The van der Waals surface area contributed by atoms with Crippen LogP contribution in [0.5, 0.6) is 0 Å². The lowest BCUT2D eigenvalue weighted by molar-refractivity contribution is 0.102. The third-order valence-electron chi connectivity index (χ3n) is 2.33. The summed E-state index contributed by atoms with van der Waals surface area (Å²) in [5.41, 5.74) is 1.44. The predicted octanol–water partition coefficient (Wildman–Crippen LogP) is 3.30. The van der Waals surface area contributed by atoms with Crippen LogP contribution in [0.2, 0.25) is 5.02 Å². The lowest BCUT2D eigenvalue weighted by Crippen LogP contribution is -2.13. The molecule has 1 aromatic carbocycles. The molecule has 86 valence electrons. The average molecular weight is 247 g/mol. The smallest absolute Gasteiger partial charge is 0.256 e. The van der Waals surface area contributed by atoms with E-state index in [2.05, 4.69) is 10.3 Å². The standard InChI is InChI=1S/C13H11ClN2O/c1-9-4-3-7-15-12(9)16-13(17)10-5-2-6-11(14)8-10/h2-8H,1H3,(H,15,16,17). The highest BCUT2D eigenvalue weighted by Gasteiger charge is 2.08. The molecule has 1 amide bonds. The van der Waals surface area contributed by atoms with E-state index in [1.807, 2.05) is 19.1 Å². The number of anilines is 1. The molecule has 17 heavy (non-hydrogen) atoms. The van der Waals surface area contributed by atoms with Crippen LogP contribution in [0.15, 0.2) is 42.6 Å². The Morgan fingerprint density at radius 2 is 2.12 bits per heavy atom. The molecule has 0 spiro atoms. The first-order valence-electron chi connectivity index (χ1n) is 5.15. The molecule has 0 aliphatic heterocycles. The maximum absolute atomic E-state index is 11.9. The maximum atomic E-state index is 11.9. The van der Waals surface area contributed by atoms with Crippen LogP contribution in [0.1, 0.15) is 15.9 Å². The Bertz CT molecular complexity index is 555. The Balaban J connectivity index is 2.20. The normalized spacial score (nSPS) is 10.0. The Morgan fingerprint density at radius 1 is 1.29 bits per heavy atom. The monoisotopic (exact) mass is 246 g/mol. The van der Waals surface area contributed by atoms with Crippen molar-refractivity contribution in [2.75, 3.05) is 5.32 Å². The minimum absolute atomic E-state index is 0.214. The van der Waals surface area contributed by atoms with E-state index >= 15 is 0 Å². The number of halogens is 1. The topological polar surface area (TPSA) is 42.0 Å². The van der Waals surface area contributed by atoms with Gasteiger partial charge < -0.3 is 5.32 Å². The molecule has 1 N–H and O–H groups in total. The fourth-order valence-electron chi connectivity index (χ4n) is 1.43. The number of aromatic nitrogens is 1. The van der Waals surface area contributed by atoms with Gasteiger partial charge in [0.2, 0.25) is 0 Å². The van der Waals surface area contributed by atoms with Crippen molar-refractivity contribution < 1.29 is 4.79 Å². The average Bonchev–Trinajstić information content (AvgIpc) is 2.32. The molecule has 0 fully saturated rings. The second-order valence-corrected chi connectivity index (χ2v) is 4.07. The van der Waals surface area contributed by atoms with Crippen LogP contribution in [0.3, 0.4) is 0 Å². The van der Waals surface area contributed by atoms with Crippen LogP contribution in [0, 0.1) is 6.92 Å². The van der Waals surface area contributed by atoms with Gasteiger partial charge in [0.05, 0.1) is 0 Å². The number of amides is 1. The summed E-state index contributed by atoms with van der Waals surface area (Å²) in [6, 6.07) is 10.5. The Labute approximate surface area is 104 Å². The molecule has 0 atom stereocenters. The molecule has 2 rings (SSSR count). The van der Waals surface area contributed by atoms with Gasteiger partial charge in [0.1, 0.15) is 5.82 Å². The number of carbonyl (C=O) groups excluding carboxylic acids is 1. The van der Waals surface area contributed by atoms with Gasteiger partial charge in [-0.1, -0.05) is 23.7 Å². The van der Waals surface area contributed by atoms with Crippen LogP contribution in [0.25, 0.3) is 0 Å². The number of hydrogen-bond acceptors (Lipinski definition) is 2. The third kappa shape index (κ3) is 2.82. The summed E-state index contributed by atoms with van der Waals surface area (Å²) in [6.07, 6.45) is 1.64.